The molecule has 2 aromatic carbocycles. The van der Waals surface area contributed by atoms with Gasteiger partial charge in [0, 0.05) is 23.5 Å². The topological polar surface area (TPSA) is 73.3 Å². The van der Waals surface area contributed by atoms with Crippen molar-refractivity contribution in [3.05, 3.63) is 72.2 Å². The highest BCUT2D eigenvalue weighted by atomic mass is 16.6. The largest absolute Gasteiger partial charge is 0.482 e. The number of esters is 1. The zero-order valence-corrected chi connectivity index (χ0v) is 14.6. The summed E-state index contributed by atoms with van der Waals surface area (Å²) in [7, 11) is 0. The molecule has 6 nitrogen and oxygen atoms in total. The number of hydrogen-bond donors (Lipinski definition) is 1. The maximum absolute atomic E-state index is 12.0. The molecule has 1 aromatic heterocycles. The number of benzene rings is 2. The molecule has 132 valence electrons. The lowest BCUT2D eigenvalue weighted by Gasteiger charge is -2.10. The third kappa shape index (κ3) is 4.80. The van der Waals surface area contributed by atoms with Gasteiger partial charge in [0.1, 0.15) is 23.6 Å². The van der Waals surface area contributed by atoms with E-state index in [1.807, 2.05) is 50.2 Å². The molecule has 0 aliphatic heterocycles. The predicted octanol–water partition coefficient (Wildman–Crippen LogP) is 3.82. The van der Waals surface area contributed by atoms with Crippen molar-refractivity contribution in [2.24, 2.45) is 0 Å². The SMILES string of the molecule is Cc1cc(Nc2cccc(OC(=O)COc3ccccc3C)c2)ncn1. The van der Waals surface area contributed by atoms with Gasteiger partial charge in [-0.25, -0.2) is 14.8 Å². The van der Waals surface area contributed by atoms with Gasteiger partial charge in [0.15, 0.2) is 6.61 Å². The summed E-state index contributed by atoms with van der Waals surface area (Å²) in [5, 5.41) is 3.15. The number of aryl methyl sites for hydroxylation is 2. The van der Waals surface area contributed by atoms with E-state index >= 15 is 0 Å². The Morgan fingerprint density at radius 3 is 2.69 bits per heavy atom. The number of anilines is 2. The average molecular weight is 349 g/mol. The van der Waals surface area contributed by atoms with Crippen molar-refractivity contribution >= 4 is 17.5 Å². The van der Waals surface area contributed by atoms with Gasteiger partial charge in [0.2, 0.25) is 0 Å². The van der Waals surface area contributed by atoms with Crippen LogP contribution in [-0.4, -0.2) is 22.5 Å². The highest BCUT2D eigenvalue weighted by Gasteiger charge is 2.08. The van der Waals surface area contributed by atoms with E-state index in [2.05, 4.69) is 15.3 Å². The van der Waals surface area contributed by atoms with Gasteiger partial charge in [0.05, 0.1) is 0 Å². The smallest absolute Gasteiger partial charge is 0.349 e. The Balaban J connectivity index is 1.59. The quantitative estimate of drug-likeness (QED) is 0.539. The Hall–Kier alpha value is -3.41. The van der Waals surface area contributed by atoms with E-state index in [4.69, 9.17) is 9.47 Å². The standard InChI is InChI=1S/C20H19N3O3/c1-14-6-3-4-9-18(14)25-12-20(24)26-17-8-5-7-16(11-17)23-19-10-15(2)21-13-22-19/h3-11,13H,12H2,1-2H3,(H,21,22,23). The van der Waals surface area contributed by atoms with Crippen LogP contribution in [0.15, 0.2) is 60.9 Å². The molecule has 0 saturated carbocycles. The van der Waals surface area contributed by atoms with E-state index in [0.717, 1.165) is 16.9 Å². The molecule has 0 fully saturated rings. The van der Waals surface area contributed by atoms with Crippen molar-refractivity contribution in [1.82, 2.24) is 9.97 Å². The fraction of sp³-hybridized carbons (Fsp3) is 0.150. The maximum Gasteiger partial charge on any atom is 0.349 e. The molecule has 0 aliphatic carbocycles. The second-order valence-electron chi connectivity index (χ2n) is 5.73. The van der Waals surface area contributed by atoms with Gasteiger partial charge in [0.25, 0.3) is 0 Å². The molecule has 0 amide bonds. The molecule has 0 bridgehead atoms. The molecule has 0 spiro atoms. The second-order valence-corrected chi connectivity index (χ2v) is 5.73. The Labute approximate surface area is 151 Å². The van der Waals surface area contributed by atoms with Crippen LogP contribution in [0.4, 0.5) is 11.5 Å². The Kier molecular flexibility index (Phi) is 5.43. The van der Waals surface area contributed by atoms with Crippen molar-refractivity contribution in [2.45, 2.75) is 13.8 Å². The van der Waals surface area contributed by atoms with Gasteiger partial charge in [-0.05, 0) is 37.6 Å². The van der Waals surface area contributed by atoms with E-state index in [9.17, 15) is 4.79 Å². The lowest BCUT2D eigenvalue weighted by molar-refractivity contribution is -0.136. The normalized spacial score (nSPS) is 10.2. The van der Waals surface area contributed by atoms with Gasteiger partial charge in [-0.2, -0.15) is 0 Å². The van der Waals surface area contributed by atoms with Crippen LogP contribution in [-0.2, 0) is 4.79 Å². The maximum atomic E-state index is 12.0. The van der Waals surface area contributed by atoms with Crippen molar-refractivity contribution < 1.29 is 14.3 Å². The third-order valence-electron chi connectivity index (χ3n) is 3.58. The summed E-state index contributed by atoms with van der Waals surface area (Å²) >= 11 is 0. The van der Waals surface area contributed by atoms with Crippen molar-refractivity contribution in [3.63, 3.8) is 0 Å². The number of nitrogens with one attached hydrogen (secondary N) is 1. The molecule has 1 heterocycles. The first-order valence-electron chi connectivity index (χ1n) is 8.15. The van der Waals surface area contributed by atoms with Crippen LogP contribution in [0.3, 0.4) is 0 Å². The van der Waals surface area contributed by atoms with Crippen molar-refractivity contribution in [3.8, 4) is 11.5 Å². The minimum absolute atomic E-state index is 0.159. The Bertz CT molecular complexity index is 912. The number of nitrogens with zero attached hydrogens (tertiary/aromatic N) is 2. The highest BCUT2D eigenvalue weighted by Crippen LogP contribution is 2.21. The fourth-order valence-corrected chi connectivity index (χ4v) is 2.32. The van der Waals surface area contributed by atoms with Crippen LogP contribution in [0.2, 0.25) is 0 Å². The van der Waals surface area contributed by atoms with Crippen LogP contribution >= 0.6 is 0 Å². The molecule has 26 heavy (non-hydrogen) atoms. The molecular formula is C20H19N3O3. The van der Waals surface area contributed by atoms with Crippen LogP contribution in [0.1, 0.15) is 11.3 Å². The number of para-hydroxylation sites is 1. The monoisotopic (exact) mass is 349 g/mol. The molecule has 0 aliphatic rings. The minimum atomic E-state index is -0.469. The first kappa shape index (κ1) is 17.4. The zero-order chi connectivity index (χ0) is 18.4. The molecule has 0 radical (unpaired) electrons. The minimum Gasteiger partial charge on any atom is -0.482 e. The van der Waals surface area contributed by atoms with E-state index in [1.54, 1.807) is 18.2 Å². The summed E-state index contributed by atoms with van der Waals surface area (Å²) in [6.07, 6.45) is 1.49. The average Bonchev–Trinajstić information content (AvgIpc) is 2.61. The van der Waals surface area contributed by atoms with Crippen LogP contribution in [0.25, 0.3) is 0 Å². The first-order chi connectivity index (χ1) is 12.6. The van der Waals surface area contributed by atoms with Gasteiger partial charge < -0.3 is 14.8 Å². The highest BCUT2D eigenvalue weighted by molar-refractivity contribution is 5.74. The molecular weight excluding hydrogens is 330 g/mol. The van der Waals surface area contributed by atoms with Gasteiger partial charge in [-0.3, -0.25) is 0 Å². The van der Waals surface area contributed by atoms with Crippen LogP contribution in [0.5, 0.6) is 11.5 Å². The number of ether oxygens (including phenoxy) is 2. The molecule has 0 unspecified atom stereocenters. The van der Waals surface area contributed by atoms with E-state index in [0.29, 0.717) is 17.3 Å². The molecule has 1 N–H and O–H groups in total. The van der Waals surface area contributed by atoms with Gasteiger partial charge in [-0.1, -0.05) is 24.3 Å². The first-order valence-corrected chi connectivity index (χ1v) is 8.15. The summed E-state index contributed by atoms with van der Waals surface area (Å²) in [4.78, 5) is 20.2. The van der Waals surface area contributed by atoms with Crippen molar-refractivity contribution in [1.29, 1.82) is 0 Å². The van der Waals surface area contributed by atoms with Gasteiger partial charge >= 0.3 is 5.97 Å². The van der Waals surface area contributed by atoms with Crippen LogP contribution < -0.4 is 14.8 Å². The molecule has 3 aromatic rings. The van der Waals surface area contributed by atoms with E-state index < -0.39 is 5.97 Å². The van der Waals surface area contributed by atoms with Crippen LogP contribution in [0, 0.1) is 13.8 Å². The zero-order valence-electron chi connectivity index (χ0n) is 14.6. The van der Waals surface area contributed by atoms with E-state index in [-0.39, 0.29) is 6.61 Å². The lowest BCUT2D eigenvalue weighted by atomic mass is 10.2. The lowest BCUT2D eigenvalue weighted by Crippen LogP contribution is -2.18. The number of rotatable bonds is 6. The molecule has 6 heteroatoms. The third-order valence-corrected chi connectivity index (χ3v) is 3.58. The summed E-state index contributed by atoms with van der Waals surface area (Å²) in [5.41, 5.74) is 2.58. The number of hydrogen-bond acceptors (Lipinski definition) is 6. The Morgan fingerprint density at radius 1 is 1.04 bits per heavy atom. The van der Waals surface area contributed by atoms with E-state index in [1.165, 1.54) is 6.33 Å². The summed E-state index contributed by atoms with van der Waals surface area (Å²) in [5.74, 6) is 1.30. The molecule has 0 atom stereocenters. The predicted molar refractivity (Wildman–Crippen MR) is 98.8 cm³/mol. The second kappa shape index (κ2) is 8.11. The fourth-order valence-electron chi connectivity index (χ4n) is 2.32. The molecule has 0 saturated heterocycles. The Morgan fingerprint density at radius 2 is 1.88 bits per heavy atom. The van der Waals surface area contributed by atoms with Crippen molar-refractivity contribution in [2.75, 3.05) is 11.9 Å². The summed E-state index contributed by atoms with van der Waals surface area (Å²) in [6.45, 7) is 3.65. The number of carbonyl (C=O) groups is 1. The van der Waals surface area contributed by atoms with Gasteiger partial charge in [-0.15, -0.1) is 0 Å². The summed E-state index contributed by atoms with van der Waals surface area (Å²) < 4.78 is 10.8. The number of aromatic nitrogens is 2. The number of carbonyl (C=O) groups excluding carboxylic acids is 1. The molecule has 3 rings (SSSR count). The summed E-state index contributed by atoms with van der Waals surface area (Å²) in [6, 6.07) is 16.4.